The van der Waals surface area contributed by atoms with E-state index >= 15 is 0 Å². The third-order valence-corrected chi connectivity index (χ3v) is 5.91. The zero-order valence-corrected chi connectivity index (χ0v) is 15.7. The van der Waals surface area contributed by atoms with Crippen molar-refractivity contribution >= 4 is 11.9 Å². The SMILES string of the molecule is CCCN(C(=O)C1CCCN(C(=O)N2CCCC2)C1)C1CCNCC1. The Balaban J connectivity index is 1.61. The van der Waals surface area contributed by atoms with E-state index in [1.165, 1.54) is 0 Å². The van der Waals surface area contributed by atoms with Gasteiger partial charge in [0.1, 0.15) is 0 Å². The number of nitrogens with zero attached hydrogens (tertiary/aromatic N) is 3. The lowest BCUT2D eigenvalue weighted by Gasteiger charge is -2.40. The van der Waals surface area contributed by atoms with Crippen LogP contribution < -0.4 is 5.32 Å². The molecular formula is C19H34N4O2. The van der Waals surface area contributed by atoms with Gasteiger partial charge in [-0.2, -0.15) is 0 Å². The third-order valence-electron chi connectivity index (χ3n) is 5.91. The molecule has 3 amide bonds. The van der Waals surface area contributed by atoms with Crippen molar-refractivity contribution in [1.82, 2.24) is 20.0 Å². The number of rotatable bonds is 4. The summed E-state index contributed by atoms with van der Waals surface area (Å²) in [6, 6.07) is 0.525. The predicted molar refractivity (Wildman–Crippen MR) is 98.4 cm³/mol. The highest BCUT2D eigenvalue weighted by Gasteiger charge is 2.35. The second-order valence-electron chi connectivity index (χ2n) is 7.77. The Morgan fingerprint density at radius 3 is 2.36 bits per heavy atom. The molecule has 0 saturated carbocycles. The van der Waals surface area contributed by atoms with Crippen molar-refractivity contribution < 1.29 is 9.59 Å². The summed E-state index contributed by atoms with van der Waals surface area (Å²) in [5.74, 6) is 0.273. The molecule has 1 unspecified atom stereocenters. The topological polar surface area (TPSA) is 55.9 Å². The summed E-state index contributed by atoms with van der Waals surface area (Å²) in [7, 11) is 0. The predicted octanol–water partition coefficient (Wildman–Crippen LogP) is 1.90. The van der Waals surface area contributed by atoms with Gasteiger partial charge in [-0.15, -0.1) is 0 Å². The fourth-order valence-electron chi connectivity index (χ4n) is 4.53. The molecule has 3 heterocycles. The molecule has 3 aliphatic rings. The average molecular weight is 351 g/mol. The fourth-order valence-corrected chi connectivity index (χ4v) is 4.53. The number of carbonyl (C=O) groups is 2. The van der Waals surface area contributed by atoms with Gasteiger partial charge >= 0.3 is 6.03 Å². The molecule has 3 rings (SSSR count). The van der Waals surface area contributed by atoms with Crippen LogP contribution >= 0.6 is 0 Å². The largest absolute Gasteiger partial charge is 0.339 e. The van der Waals surface area contributed by atoms with Gasteiger partial charge in [-0.3, -0.25) is 4.79 Å². The van der Waals surface area contributed by atoms with Gasteiger partial charge in [-0.25, -0.2) is 4.79 Å². The van der Waals surface area contributed by atoms with E-state index < -0.39 is 0 Å². The van der Waals surface area contributed by atoms with Gasteiger partial charge in [-0.05, 0) is 58.0 Å². The van der Waals surface area contributed by atoms with E-state index in [2.05, 4.69) is 17.1 Å². The molecule has 25 heavy (non-hydrogen) atoms. The van der Waals surface area contributed by atoms with Crippen LogP contribution in [0.5, 0.6) is 0 Å². The van der Waals surface area contributed by atoms with Crippen molar-refractivity contribution in [2.24, 2.45) is 5.92 Å². The average Bonchev–Trinajstić information content (AvgIpc) is 3.20. The van der Waals surface area contributed by atoms with Crippen LogP contribution in [0.3, 0.4) is 0 Å². The molecule has 0 aliphatic carbocycles. The van der Waals surface area contributed by atoms with Crippen LogP contribution in [0.2, 0.25) is 0 Å². The Bertz CT molecular complexity index is 458. The van der Waals surface area contributed by atoms with E-state index in [1.807, 2.05) is 9.80 Å². The number of carbonyl (C=O) groups excluding carboxylic acids is 2. The monoisotopic (exact) mass is 350 g/mol. The second kappa shape index (κ2) is 8.88. The van der Waals surface area contributed by atoms with E-state index in [-0.39, 0.29) is 17.9 Å². The first kappa shape index (κ1) is 18.5. The fraction of sp³-hybridized carbons (Fsp3) is 0.895. The third kappa shape index (κ3) is 4.46. The van der Waals surface area contributed by atoms with Crippen molar-refractivity contribution in [2.45, 2.75) is 57.9 Å². The zero-order chi connectivity index (χ0) is 17.6. The minimum atomic E-state index is -0.0123. The summed E-state index contributed by atoms with van der Waals surface area (Å²) in [6.45, 7) is 8.17. The molecule has 3 fully saturated rings. The highest BCUT2D eigenvalue weighted by Crippen LogP contribution is 2.24. The van der Waals surface area contributed by atoms with Crippen LogP contribution in [0, 0.1) is 5.92 Å². The molecule has 0 aromatic heterocycles. The number of likely N-dealkylation sites (tertiary alicyclic amines) is 2. The van der Waals surface area contributed by atoms with Gasteiger partial charge in [0, 0.05) is 38.8 Å². The summed E-state index contributed by atoms with van der Waals surface area (Å²) < 4.78 is 0. The Kier molecular flexibility index (Phi) is 6.57. The molecule has 6 nitrogen and oxygen atoms in total. The quantitative estimate of drug-likeness (QED) is 0.843. The van der Waals surface area contributed by atoms with E-state index in [0.717, 1.165) is 84.2 Å². The van der Waals surface area contributed by atoms with Crippen LogP contribution in [0.15, 0.2) is 0 Å². The summed E-state index contributed by atoms with van der Waals surface area (Å²) >= 11 is 0. The molecule has 0 spiro atoms. The standard InChI is InChI=1S/C19H34N4O2/c1-2-11-23(17-7-9-20-10-8-17)18(24)16-6-5-14-22(15-16)19(25)21-12-3-4-13-21/h16-17,20H,2-15H2,1H3. The zero-order valence-electron chi connectivity index (χ0n) is 15.7. The van der Waals surface area contributed by atoms with Gasteiger partial charge in [0.05, 0.1) is 5.92 Å². The lowest BCUT2D eigenvalue weighted by atomic mass is 9.94. The molecule has 3 saturated heterocycles. The summed E-state index contributed by atoms with van der Waals surface area (Å²) in [5.41, 5.74) is 0. The lowest BCUT2D eigenvalue weighted by molar-refractivity contribution is -0.140. The van der Waals surface area contributed by atoms with Crippen LogP contribution in [0.25, 0.3) is 0 Å². The van der Waals surface area contributed by atoms with Crippen LogP contribution in [0.4, 0.5) is 4.79 Å². The van der Waals surface area contributed by atoms with Gasteiger partial charge in [-0.1, -0.05) is 6.92 Å². The van der Waals surface area contributed by atoms with Crippen LogP contribution in [-0.4, -0.2) is 78.5 Å². The second-order valence-corrected chi connectivity index (χ2v) is 7.77. The number of piperidine rings is 2. The molecule has 6 heteroatoms. The molecule has 0 radical (unpaired) electrons. The number of urea groups is 1. The van der Waals surface area contributed by atoms with E-state index in [9.17, 15) is 9.59 Å². The van der Waals surface area contributed by atoms with Gasteiger partial charge in [0.2, 0.25) is 5.91 Å². The van der Waals surface area contributed by atoms with E-state index in [4.69, 9.17) is 0 Å². The molecule has 1 N–H and O–H groups in total. The summed E-state index contributed by atoms with van der Waals surface area (Å²) in [5, 5.41) is 3.39. The normalized spacial score (nSPS) is 25.2. The highest BCUT2D eigenvalue weighted by molar-refractivity contribution is 5.81. The van der Waals surface area contributed by atoms with Crippen molar-refractivity contribution in [1.29, 1.82) is 0 Å². The minimum Gasteiger partial charge on any atom is -0.339 e. The Labute approximate surface area is 151 Å². The lowest BCUT2D eigenvalue weighted by Crippen LogP contribution is -2.53. The highest BCUT2D eigenvalue weighted by atomic mass is 16.2. The minimum absolute atomic E-state index is 0.0123. The van der Waals surface area contributed by atoms with Crippen molar-refractivity contribution in [3.05, 3.63) is 0 Å². The van der Waals surface area contributed by atoms with Crippen LogP contribution in [-0.2, 0) is 4.79 Å². The number of hydrogen-bond donors (Lipinski definition) is 1. The number of hydrogen-bond acceptors (Lipinski definition) is 3. The Hall–Kier alpha value is -1.30. The smallest absolute Gasteiger partial charge is 0.320 e. The molecule has 142 valence electrons. The molecule has 0 aromatic carbocycles. The molecule has 0 bridgehead atoms. The van der Waals surface area contributed by atoms with Gasteiger partial charge in [0.25, 0.3) is 0 Å². The molecule has 3 aliphatic heterocycles. The first-order chi connectivity index (χ1) is 12.2. The van der Waals surface area contributed by atoms with Gasteiger partial charge < -0.3 is 20.0 Å². The van der Waals surface area contributed by atoms with Crippen LogP contribution in [0.1, 0.15) is 51.9 Å². The number of amides is 3. The Morgan fingerprint density at radius 1 is 1.00 bits per heavy atom. The Morgan fingerprint density at radius 2 is 1.68 bits per heavy atom. The molecule has 1 atom stereocenters. The maximum atomic E-state index is 13.2. The maximum Gasteiger partial charge on any atom is 0.320 e. The molecule has 0 aromatic rings. The van der Waals surface area contributed by atoms with Gasteiger partial charge in [0.15, 0.2) is 0 Å². The number of nitrogens with one attached hydrogen (secondary N) is 1. The maximum absolute atomic E-state index is 13.2. The first-order valence-corrected chi connectivity index (χ1v) is 10.3. The van der Waals surface area contributed by atoms with Crippen molar-refractivity contribution in [3.63, 3.8) is 0 Å². The van der Waals surface area contributed by atoms with Crippen molar-refractivity contribution in [2.75, 3.05) is 45.8 Å². The summed E-state index contributed by atoms with van der Waals surface area (Å²) in [4.78, 5) is 31.9. The summed E-state index contributed by atoms with van der Waals surface area (Å²) in [6.07, 6.45) is 7.20. The van der Waals surface area contributed by atoms with E-state index in [0.29, 0.717) is 12.6 Å². The molecular weight excluding hydrogens is 316 g/mol. The van der Waals surface area contributed by atoms with Crippen molar-refractivity contribution in [3.8, 4) is 0 Å². The first-order valence-electron chi connectivity index (χ1n) is 10.3. The van der Waals surface area contributed by atoms with E-state index in [1.54, 1.807) is 0 Å².